The predicted molar refractivity (Wildman–Crippen MR) is 135 cm³/mol. The highest BCUT2D eigenvalue weighted by Crippen LogP contribution is 2.40. The maximum Gasteiger partial charge on any atom is 0.254 e. The quantitative estimate of drug-likeness (QED) is 0.356. The average molecular weight is 450 g/mol. The number of aryl methyl sites for hydroxylation is 1. The summed E-state index contributed by atoms with van der Waals surface area (Å²) >= 11 is 0. The largest absolute Gasteiger partial charge is 0.485 e. The van der Waals surface area contributed by atoms with Gasteiger partial charge in [0.05, 0.1) is 6.54 Å². The molecule has 0 saturated heterocycles. The van der Waals surface area contributed by atoms with Gasteiger partial charge in [0.2, 0.25) is 0 Å². The lowest BCUT2D eigenvalue weighted by atomic mass is 10.0. The molecule has 0 bridgehead atoms. The van der Waals surface area contributed by atoms with Crippen LogP contribution >= 0.6 is 0 Å². The number of ether oxygens (including phenoxy) is 1. The Morgan fingerprint density at radius 1 is 0.941 bits per heavy atom. The van der Waals surface area contributed by atoms with Crippen LogP contribution in [-0.4, -0.2) is 14.5 Å². The van der Waals surface area contributed by atoms with Crippen molar-refractivity contribution in [2.24, 2.45) is 0 Å². The molecule has 1 fully saturated rings. The highest BCUT2D eigenvalue weighted by Gasteiger charge is 2.22. The van der Waals surface area contributed by atoms with Crippen LogP contribution in [0.15, 0.2) is 83.9 Å². The molecule has 2 heterocycles. The van der Waals surface area contributed by atoms with Crippen molar-refractivity contribution < 1.29 is 4.74 Å². The summed E-state index contributed by atoms with van der Waals surface area (Å²) in [5.74, 6) is 1.88. The van der Waals surface area contributed by atoms with Crippen LogP contribution in [0.3, 0.4) is 0 Å². The first kappa shape index (κ1) is 23.0. The van der Waals surface area contributed by atoms with Crippen LogP contribution in [0.1, 0.15) is 41.4 Å². The van der Waals surface area contributed by atoms with E-state index in [-0.39, 0.29) is 12.2 Å². The third kappa shape index (κ3) is 5.60. The molecule has 1 saturated carbocycles. The van der Waals surface area contributed by atoms with E-state index in [9.17, 15) is 4.79 Å². The third-order valence-corrected chi connectivity index (χ3v) is 5.88. The summed E-state index contributed by atoms with van der Waals surface area (Å²) < 4.78 is 7.47. The summed E-state index contributed by atoms with van der Waals surface area (Å²) in [6.45, 7) is 2.67. The highest BCUT2D eigenvalue weighted by atomic mass is 16.5. The minimum Gasteiger partial charge on any atom is -0.485 e. The second-order valence-electron chi connectivity index (χ2n) is 8.30. The second-order valence-corrected chi connectivity index (χ2v) is 8.30. The molecule has 0 unspecified atom stereocenters. The Hall–Kier alpha value is -4.17. The van der Waals surface area contributed by atoms with E-state index >= 15 is 0 Å². The number of pyridine rings is 1. The number of hydrogen-bond acceptors (Lipinski definition) is 4. The molecule has 2 aromatic heterocycles. The van der Waals surface area contributed by atoms with E-state index in [4.69, 9.17) is 4.74 Å². The molecule has 0 N–H and O–H groups in total. The molecule has 0 spiro atoms. The zero-order valence-corrected chi connectivity index (χ0v) is 19.2. The molecular formula is C29H27N3O2. The zero-order chi connectivity index (χ0) is 23.9. The molecule has 34 heavy (non-hydrogen) atoms. The van der Waals surface area contributed by atoms with E-state index in [0.717, 1.165) is 17.2 Å². The first-order valence-electron chi connectivity index (χ1n) is 11.3. The maximum absolute atomic E-state index is 12.7. The van der Waals surface area contributed by atoms with Gasteiger partial charge in [-0.3, -0.25) is 4.79 Å². The van der Waals surface area contributed by atoms with Crippen LogP contribution < -0.4 is 10.3 Å². The van der Waals surface area contributed by atoms with E-state index in [1.165, 1.54) is 35.6 Å². The molecule has 1 aliphatic rings. The Labute approximate surface area is 200 Å². The van der Waals surface area contributed by atoms with E-state index < -0.39 is 0 Å². The number of nitrogens with zero attached hydrogens (tertiary/aromatic N) is 3. The van der Waals surface area contributed by atoms with Crippen LogP contribution in [-0.2, 0) is 13.2 Å². The molecular weight excluding hydrogens is 422 g/mol. The van der Waals surface area contributed by atoms with E-state index in [2.05, 4.69) is 71.3 Å². The summed E-state index contributed by atoms with van der Waals surface area (Å²) in [5.41, 5.74) is 5.70. The first-order chi connectivity index (χ1) is 16.7. The van der Waals surface area contributed by atoms with Crippen molar-refractivity contribution in [2.45, 2.75) is 38.8 Å². The minimum atomic E-state index is -0.0891. The standard InChI is InChI=1S/C27H25N3O2.C2H2/c1-19-15-25(32-18-26-28-13-2-14-29-26)16-27(31)30(19)17-20-3-5-21(6-4-20)22-7-9-23(10-8-22)24-11-12-24;1-2/h2-10,13-16,24H,11-12,17-18H2,1H3;1-2H. The van der Waals surface area contributed by atoms with Crippen molar-refractivity contribution in [1.29, 1.82) is 0 Å². The van der Waals surface area contributed by atoms with Gasteiger partial charge >= 0.3 is 0 Å². The molecule has 5 rings (SSSR count). The Balaban J connectivity index is 0.00000133. The Kier molecular flexibility index (Phi) is 7.19. The van der Waals surface area contributed by atoms with Crippen LogP contribution in [0.25, 0.3) is 11.1 Å². The monoisotopic (exact) mass is 449 g/mol. The van der Waals surface area contributed by atoms with Gasteiger partial charge in [0.1, 0.15) is 12.4 Å². The van der Waals surface area contributed by atoms with Gasteiger partial charge in [-0.25, -0.2) is 9.97 Å². The molecule has 5 heteroatoms. The number of benzene rings is 2. The highest BCUT2D eigenvalue weighted by molar-refractivity contribution is 5.64. The van der Waals surface area contributed by atoms with Gasteiger partial charge in [-0.15, -0.1) is 12.8 Å². The number of rotatable bonds is 7. The summed E-state index contributed by atoms with van der Waals surface area (Å²) in [4.78, 5) is 21.0. The molecule has 2 aromatic carbocycles. The van der Waals surface area contributed by atoms with Gasteiger partial charge < -0.3 is 9.30 Å². The van der Waals surface area contributed by atoms with Gasteiger partial charge in [0.25, 0.3) is 5.56 Å². The fraction of sp³-hybridized carbons (Fsp3) is 0.207. The number of terminal acetylenes is 1. The van der Waals surface area contributed by atoms with Gasteiger partial charge in [-0.1, -0.05) is 48.5 Å². The van der Waals surface area contributed by atoms with Crippen LogP contribution in [0.2, 0.25) is 0 Å². The lowest BCUT2D eigenvalue weighted by Gasteiger charge is -2.13. The molecule has 4 aromatic rings. The van der Waals surface area contributed by atoms with Crippen molar-refractivity contribution in [3.8, 4) is 29.7 Å². The molecule has 0 aliphatic heterocycles. The fourth-order valence-electron chi connectivity index (χ4n) is 3.89. The number of hydrogen-bond donors (Lipinski definition) is 0. The van der Waals surface area contributed by atoms with Crippen LogP contribution in [0.5, 0.6) is 5.75 Å². The number of aromatic nitrogens is 3. The smallest absolute Gasteiger partial charge is 0.254 e. The van der Waals surface area contributed by atoms with E-state index in [0.29, 0.717) is 18.1 Å². The molecule has 5 nitrogen and oxygen atoms in total. The Morgan fingerprint density at radius 2 is 1.56 bits per heavy atom. The van der Waals surface area contributed by atoms with Gasteiger partial charge in [0, 0.05) is 24.2 Å². The molecule has 0 radical (unpaired) electrons. The molecule has 1 aliphatic carbocycles. The van der Waals surface area contributed by atoms with Gasteiger partial charge in [-0.05, 0) is 60.1 Å². The van der Waals surface area contributed by atoms with Crippen molar-refractivity contribution in [3.05, 3.63) is 112 Å². The van der Waals surface area contributed by atoms with Crippen molar-refractivity contribution in [1.82, 2.24) is 14.5 Å². The van der Waals surface area contributed by atoms with E-state index in [1.54, 1.807) is 23.0 Å². The Morgan fingerprint density at radius 3 is 2.15 bits per heavy atom. The lowest BCUT2D eigenvalue weighted by Crippen LogP contribution is -2.22. The topological polar surface area (TPSA) is 57.0 Å². The molecule has 170 valence electrons. The van der Waals surface area contributed by atoms with Crippen LogP contribution in [0.4, 0.5) is 0 Å². The van der Waals surface area contributed by atoms with Gasteiger partial charge in [0.15, 0.2) is 5.82 Å². The minimum absolute atomic E-state index is 0.0891. The molecule has 0 atom stereocenters. The predicted octanol–water partition coefficient (Wildman–Crippen LogP) is 5.37. The summed E-state index contributed by atoms with van der Waals surface area (Å²) in [5, 5.41) is 0. The van der Waals surface area contributed by atoms with Gasteiger partial charge in [-0.2, -0.15) is 0 Å². The third-order valence-electron chi connectivity index (χ3n) is 5.88. The zero-order valence-electron chi connectivity index (χ0n) is 19.2. The van der Waals surface area contributed by atoms with Crippen molar-refractivity contribution in [3.63, 3.8) is 0 Å². The first-order valence-corrected chi connectivity index (χ1v) is 11.3. The summed E-state index contributed by atoms with van der Waals surface area (Å²) in [6.07, 6.45) is 14.0. The Bertz CT molecular complexity index is 1300. The maximum atomic E-state index is 12.7. The average Bonchev–Trinajstić information content (AvgIpc) is 3.73. The van der Waals surface area contributed by atoms with E-state index in [1.807, 2.05) is 13.0 Å². The summed E-state index contributed by atoms with van der Waals surface area (Å²) in [7, 11) is 0. The second kappa shape index (κ2) is 10.6. The van der Waals surface area contributed by atoms with Crippen molar-refractivity contribution in [2.75, 3.05) is 0 Å². The normalized spacial score (nSPS) is 12.4. The van der Waals surface area contributed by atoms with Crippen LogP contribution in [0, 0.1) is 19.8 Å². The SMILES string of the molecule is C#C.Cc1cc(OCc2ncccn2)cc(=O)n1Cc1ccc(-c2ccc(C3CC3)cc2)cc1. The molecule has 0 amide bonds. The lowest BCUT2D eigenvalue weighted by molar-refractivity contribution is 0.294. The van der Waals surface area contributed by atoms with Crippen molar-refractivity contribution >= 4 is 0 Å². The summed E-state index contributed by atoms with van der Waals surface area (Å²) in [6, 6.07) is 22.5. The fourth-order valence-corrected chi connectivity index (χ4v) is 3.89.